The molecule has 0 spiro atoms. The van der Waals surface area contributed by atoms with E-state index in [0.717, 1.165) is 54.2 Å². The van der Waals surface area contributed by atoms with Crippen molar-refractivity contribution in [1.29, 1.82) is 0 Å². The van der Waals surface area contributed by atoms with Crippen molar-refractivity contribution in [2.45, 2.75) is 0 Å². The van der Waals surface area contributed by atoms with Crippen LogP contribution in [0, 0.1) is 0 Å². The first-order chi connectivity index (χ1) is 12.8. The number of rotatable bonds is 4. The first kappa shape index (κ1) is 16.6. The summed E-state index contributed by atoms with van der Waals surface area (Å²) in [5.41, 5.74) is 3.05. The van der Waals surface area contributed by atoms with Crippen LogP contribution in [0.1, 0.15) is 0 Å². The molecule has 1 aromatic heterocycles. The monoisotopic (exact) mass is 351 g/mol. The van der Waals surface area contributed by atoms with Gasteiger partial charge in [-0.3, -0.25) is 0 Å². The van der Waals surface area contributed by atoms with Gasteiger partial charge in [0.2, 0.25) is 0 Å². The second-order valence-corrected chi connectivity index (χ2v) is 6.10. The summed E-state index contributed by atoms with van der Waals surface area (Å²) in [7, 11) is 3.28. The molecule has 6 heteroatoms. The number of fused-ring (bicyclic) bond motifs is 1. The minimum atomic E-state index is 0.710. The predicted octanol–water partition coefficient (Wildman–Crippen LogP) is 3.15. The van der Waals surface area contributed by atoms with Gasteiger partial charge in [0.1, 0.15) is 12.1 Å². The Morgan fingerprint density at radius 2 is 1.62 bits per heavy atom. The maximum atomic E-state index is 5.44. The SMILES string of the molecule is COc1ccc(-c2ccc3c(N4CCOCC4)ncnc3c2)cc1OC. The van der Waals surface area contributed by atoms with E-state index in [2.05, 4.69) is 33.1 Å². The Bertz CT molecular complexity index is 923. The standard InChI is InChI=1S/C20H21N3O3/c1-24-18-6-4-15(12-19(18)25-2)14-3-5-16-17(11-14)21-13-22-20(16)23-7-9-26-10-8-23/h3-6,11-13H,7-10H2,1-2H3. The first-order valence-electron chi connectivity index (χ1n) is 8.60. The fourth-order valence-corrected chi connectivity index (χ4v) is 3.27. The Morgan fingerprint density at radius 3 is 2.38 bits per heavy atom. The highest BCUT2D eigenvalue weighted by molar-refractivity contribution is 5.92. The van der Waals surface area contributed by atoms with E-state index in [1.165, 1.54) is 0 Å². The van der Waals surface area contributed by atoms with Crippen molar-refractivity contribution in [1.82, 2.24) is 9.97 Å². The molecule has 1 aliphatic rings. The van der Waals surface area contributed by atoms with Gasteiger partial charge in [0.15, 0.2) is 11.5 Å². The van der Waals surface area contributed by atoms with E-state index >= 15 is 0 Å². The number of aromatic nitrogens is 2. The van der Waals surface area contributed by atoms with Crippen molar-refractivity contribution in [2.24, 2.45) is 0 Å². The van der Waals surface area contributed by atoms with Crippen molar-refractivity contribution >= 4 is 16.7 Å². The molecule has 1 fully saturated rings. The smallest absolute Gasteiger partial charge is 0.161 e. The number of nitrogens with zero attached hydrogens (tertiary/aromatic N) is 3. The molecule has 0 radical (unpaired) electrons. The van der Waals surface area contributed by atoms with E-state index in [9.17, 15) is 0 Å². The molecule has 0 atom stereocenters. The highest BCUT2D eigenvalue weighted by Gasteiger charge is 2.16. The third-order valence-electron chi connectivity index (χ3n) is 4.64. The van der Waals surface area contributed by atoms with Crippen molar-refractivity contribution in [3.63, 3.8) is 0 Å². The van der Waals surface area contributed by atoms with Gasteiger partial charge in [0.05, 0.1) is 33.0 Å². The summed E-state index contributed by atoms with van der Waals surface area (Å²) >= 11 is 0. The number of benzene rings is 2. The lowest BCUT2D eigenvalue weighted by Gasteiger charge is -2.28. The fraction of sp³-hybridized carbons (Fsp3) is 0.300. The van der Waals surface area contributed by atoms with Crippen LogP contribution in [0.25, 0.3) is 22.0 Å². The predicted molar refractivity (Wildman–Crippen MR) is 101 cm³/mol. The third kappa shape index (κ3) is 3.04. The summed E-state index contributed by atoms with van der Waals surface area (Å²) in [5, 5.41) is 1.05. The molecular weight excluding hydrogens is 330 g/mol. The van der Waals surface area contributed by atoms with E-state index in [0.29, 0.717) is 11.5 Å². The van der Waals surface area contributed by atoms with Crippen LogP contribution >= 0.6 is 0 Å². The maximum absolute atomic E-state index is 5.44. The molecule has 0 amide bonds. The van der Waals surface area contributed by atoms with Crippen LogP contribution in [0.15, 0.2) is 42.7 Å². The van der Waals surface area contributed by atoms with E-state index in [4.69, 9.17) is 14.2 Å². The van der Waals surface area contributed by atoms with E-state index in [-0.39, 0.29) is 0 Å². The van der Waals surface area contributed by atoms with Crippen LogP contribution in [0.3, 0.4) is 0 Å². The number of anilines is 1. The van der Waals surface area contributed by atoms with Crippen LogP contribution in [-0.2, 0) is 4.74 Å². The summed E-state index contributed by atoms with van der Waals surface area (Å²) in [5.74, 6) is 2.40. The molecule has 1 saturated heterocycles. The number of ether oxygens (including phenoxy) is 3. The van der Waals surface area contributed by atoms with E-state index in [1.807, 2.05) is 18.2 Å². The Morgan fingerprint density at radius 1 is 0.885 bits per heavy atom. The molecule has 3 aromatic rings. The van der Waals surface area contributed by atoms with Crippen LogP contribution in [0.4, 0.5) is 5.82 Å². The molecule has 2 heterocycles. The van der Waals surface area contributed by atoms with Gasteiger partial charge in [-0.1, -0.05) is 12.1 Å². The molecule has 0 N–H and O–H groups in total. The Kier molecular flexibility index (Phi) is 4.58. The zero-order valence-electron chi connectivity index (χ0n) is 14.9. The lowest BCUT2D eigenvalue weighted by Crippen LogP contribution is -2.36. The molecule has 1 aliphatic heterocycles. The summed E-state index contributed by atoms with van der Waals surface area (Å²) < 4.78 is 16.2. The highest BCUT2D eigenvalue weighted by Crippen LogP contribution is 2.34. The molecule has 6 nitrogen and oxygen atoms in total. The normalized spacial score (nSPS) is 14.5. The van der Waals surface area contributed by atoms with Gasteiger partial charge >= 0.3 is 0 Å². The molecule has 4 rings (SSSR count). The number of hydrogen-bond acceptors (Lipinski definition) is 6. The quantitative estimate of drug-likeness (QED) is 0.720. The van der Waals surface area contributed by atoms with Gasteiger partial charge in [0, 0.05) is 18.5 Å². The van der Waals surface area contributed by atoms with Gasteiger partial charge in [-0.15, -0.1) is 0 Å². The third-order valence-corrected chi connectivity index (χ3v) is 4.64. The van der Waals surface area contributed by atoms with Gasteiger partial charge in [-0.25, -0.2) is 9.97 Å². The zero-order chi connectivity index (χ0) is 17.9. The molecular formula is C20H21N3O3. The van der Waals surface area contributed by atoms with Crippen LogP contribution in [0.5, 0.6) is 11.5 Å². The van der Waals surface area contributed by atoms with Crippen molar-refractivity contribution in [3.05, 3.63) is 42.7 Å². The van der Waals surface area contributed by atoms with Gasteiger partial charge in [-0.05, 0) is 35.4 Å². The first-order valence-corrected chi connectivity index (χ1v) is 8.60. The number of morpholine rings is 1. The molecule has 26 heavy (non-hydrogen) atoms. The van der Waals surface area contributed by atoms with Gasteiger partial charge < -0.3 is 19.1 Å². The highest BCUT2D eigenvalue weighted by atomic mass is 16.5. The van der Waals surface area contributed by atoms with Crippen LogP contribution in [0.2, 0.25) is 0 Å². The molecule has 2 aromatic carbocycles. The maximum Gasteiger partial charge on any atom is 0.161 e. The molecule has 134 valence electrons. The molecule has 0 aliphatic carbocycles. The fourth-order valence-electron chi connectivity index (χ4n) is 3.27. The van der Waals surface area contributed by atoms with Gasteiger partial charge in [0.25, 0.3) is 0 Å². The summed E-state index contributed by atoms with van der Waals surface area (Å²) in [6.45, 7) is 3.16. The average Bonchev–Trinajstić information content (AvgIpc) is 2.73. The summed E-state index contributed by atoms with van der Waals surface area (Å²) in [6, 6.07) is 12.2. The molecule has 0 unspecified atom stereocenters. The van der Waals surface area contributed by atoms with Crippen LogP contribution in [-0.4, -0.2) is 50.5 Å². The van der Waals surface area contributed by atoms with Crippen molar-refractivity contribution in [2.75, 3.05) is 45.4 Å². The minimum absolute atomic E-state index is 0.710. The second kappa shape index (κ2) is 7.17. The van der Waals surface area contributed by atoms with Crippen molar-refractivity contribution < 1.29 is 14.2 Å². The average molecular weight is 351 g/mol. The summed E-state index contributed by atoms with van der Waals surface area (Å²) in [6.07, 6.45) is 1.63. The Labute approximate surface area is 152 Å². The number of hydrogen-bond donors (Lipinski definition) is 0. The Balaban J connectivity index is 1.74. The largest absolute Gasteiger partial charge is 0.493 e. The minimum Gasteiger partial charge on any atom is -0.493 e. The second-order valence-electron chi connectivity index (χ2n) is 6.10. The zero-order valence-corrected chi connectivity index (χ0v) is 14.9. The molecule has 0 saturated carbocycles. The summed E-state index contributed by atoms with van der Waals surface area (Å²) in [4.78, 5) is 11.2. The van der Waals surface area contributed by atoms with E-state index < -0.39 is 0 Å². The van der Waals surface area contributed by atoms with E-state index in [1.54, 1.807) is 20.5 Å². The lowest BCUT2D eigenvalue weighted by atomic mass is 10.0. The Hall–Kier alpha value is -2.86. The topological polar surface area (TPSA) is 56.7 Å². The number of methoxy groups -OCH3 is 2. The van der Waals surface area contributed by atoms with Gasteiger partial charge in [-0.2, -0.15) is 0 Å². The van der Waals surface area contributed by atoms with Crippen LogP contribution < -0.4 is 14.4 Å². The molecule has 0 bridgehead atoms. The van der Waals surface area contributed by atoms with Crippen molar-refractivity contribution in [3.8, 4) is 22.6 Å². The lowest BCUT2D eigenvalue weighted by molar-refractivity contribution is 0.122.